The molecule has 0 unspecified atom stereocenters. The molecular weight excluding hydrogens is 175 g/mol. The van der Waals surface area contributed by atoms with Crippen molar-refractivity contribution >= 4 is 18.4 Å². The van der Waals surface area contributed by atoms with E-state index >= 15 is 0 Å². The summed E-state index contributed by atoms with van der Waals surface area (Å²) < 4.78 is 12.2. The zero-order valence-electron chi connectivity index (χ0n) is 5.30. The minimum absolute atomic E-state index is 0. The van der Waals surface area contributed by atoms with E-state index in [0.717, 1.165) is 6.20 Å². The monoisotopic (exact) mass is 180 g/mol. The molecule has 7 heteroatoms. The zero-order chi connectivity index (χ0) is 7.56. The summed E-state index contributed by atoms with van der Waals surface area (Å²) in [5.41, 5.74) is 1.22. The molecule has 0 radical (unpaired) electrons. The van der Waals surface area contributed by atoms with Crippen molar-refractivity contribution in [2.45, 2.75) is 0 Å². The van der Waals surface area contributed by atoms with Crippen LogP contribution in [0.2, 0.25) is 0 Å². The first-order valence-corrected chi connectivity index (χ1v) is 2.45. The highest BCUT2D eigenvalue weighted by Gasteiger charge is 1.97. The van der Waals surface area contributed by atoms with E-state index in [9.17, 15) is 9.18 Å². The molecule has 0 aliphatic rings. The van der Waals surface area contributed by atoms with Crippen LogP contribution in [0, 0.1) is 5.82 Å². The van der Waals surface area contributed by atoms with E-state index in [-0.39, 0.29) is 18.4 Å². The predicted molar refractivity (Wildman–Crippen MR) is 39.9 cm³/mol. The van der Waals surface area contributed by atoms with Crippen molar-refractivity contribution in [3.63, 3.8) is 0 Å². The maximum Gasteiger partial charge on any atom is 0.288 e. The van der Waals surface area contributed by atoms with Gasteiger partial charge in [-0.15, -0.1) is 12.4 Å². The van der Waals surface area contributed by atoms with Crippen molar-refractivity contribution in [3.8, 4) is 0 Å². The van der Waals surface area contributed by atoms with Gasteiger partial charge in [0.2, 0.25) is 11.8 Å². The van der Waals surface area contributed by atoms with Gasteiger partial charge >= 0.3 is 0 Å². The third kappa shape index (κ3) is 2.17. The molecule has 0 aromatic carbocycles. The van der Waals surface area contributed by atoms with Gasteiger partial charge in [-0.2, -0.15) is 4.39 Å². The summed E-state index contributed by atoms with van der Waals surface area (Å²) in [7, 11) is 0. The molecule has 0 saturated heterocycles. The molecule has 1 aromatic rings. The van der Waals surface area contributed by atoms with E-state index in [1.165, 1.54) is 0 Å². The van der Waals surface area contributed by atoms with Crippen molar-refractivity contribution < 1.29 is 4.39 Å². The molecule has 4 N–H and O–H groups in total. The smallest absolute Gasteiger partial charge is 0.288 e. The van der Waals surface area contributed by atoms with Crippen LogP contribution >= 0.6 is 12.4 Å². The molecule has 0 bridgehead atoms. The molecule has 0 saturated carbocycles. The van der Waals surface area contributed by atoms with Crippen LogP contribution in [0.4, 0.5) is 10.3 Å². The van der Waals surface area contributed by atoms with E-state index in [1.54, 1.807) is 0 Å². The number of hydrazine groups is 1. The normalized spacial score (nSPS) is 8.55. The number of nitrogens with zero attached hydrogens (tertiary/aromatic N) is 1. The van der Waals surface area contributed by atoms with E-state index in [0.29, 0.717) is 0 Å². The average Bonchev–Trinajstić information content (AvgIpc) is 1.95. The van der Waals surface area contributed by atoms with Crippen LogP contribution in [0.3, 0.4) is 0 Å². The van der Waals surface area contributed by atoms with E-state index in [1.807, 2.05) is 4.98 Å². The van der Waals surface area contributed by atoms with Crippen LogP contribution in [0.25, 0.3) is 0 Å². The minimum atomic E-state index is -0.931. The summed E-state index contributed by atoms with van der Waals surface area (Å²) in [6.07, 6.45) is 0.786. The summed E-state index contributed by atoms with van der Waals surface area (Å²) in [6, 6.07) is 0. The zero-order valence-corrected chi connectivity index (χ0v) is 6.11. The molecule has 1 aromatic heterocycles. The lowest BCUT2D eigenvalue weighted by Gasteiger charge is -1.94. The van der Waals surface area contributed by atoms with Crippen molar-refractivity contribution in [1.29, 1.82) is 0 Å². The first-order valence-electron chi connectivity index (χ1n) is 2.45. The highest BCUT2D eigenvalue weighted by atomic mass is 35.5. The Morgan fingerprint density at radius 3 is 2.82 bits per heavy atom. The van der Waals surface area contributed by atoms with Gasteiger partial charge in [-0.05, 0) is 0 Å². The van der Waals surface area contributed by atoms with Crippen LogP contribution < -0.4 is 16.8 Å². The number of hydrogen-bond acceptors (Lipinski definition) is 4. The Balaban J connectivity index is 0.000001000. The Morgan fingerprint density at radius 1 is 1.73 bits per heavy atom. The lowest BCUT2D eigenvalue weighted by molar-refractivity contribution is 0.601. The van der Waals surface area contributed by atoms with E-state index in [4.69, 9.17) is 5.84 Å². The third-order valence-electron chi connectivity index (χ3n) is 0.893. The fourth-order valence-corrected chi connectivity index (χ4v) is 0.453. The van der Waals surface area contributed by atoms with Gasteiger partial charge in [0.25, 0.3) is 5.56 Å². The number of hydrogen-bond donors (Lipinski definition) is 3. The standard InChI is InChI=1S/C4H5FN4O.ClH/c5-2-1-7-4(9-6)8-3(2)10;/h1H,6H2,(H2,7,8,9,10);1H. The number of halogens is 2. The maximum absolute atomic E-state index is 12.2. The Hall–Kier alpha value is -1.14. The molecule has 0 spiro atoms. The lowest BCUT2D eigenvalue weighted by Crippen LogP contribution is -2.18. The number of nitrogen functional groups attached to an aromatic ring is 1. The SMILES string of the molecule is Cl.NNc1ncc(F)c(=O)[nH]1. The second-order valence-corrected chi connectivity index (χ2v) is 1.55. The lowest BCUT2D eigenvalue weighted by atomic mass is 10.6. The van der Waals surface area contributed by atoms with Gasteiger partial charge in [-0.3, -0.25) is 15.2 Å². The maximum atomic E-state index is 12.2. The number of nitrogens with two attached hydrogens (primary N) is 1. The number of anilines is 1. The second kappa shape index (κ2) is 3.89. The van der Waals surface area contributed by atoms with Crippen LogP contribution in [0.1, 0.15) is 0 Å². The fraction of sp³-hybridized carbons (Fsp3) is 0. The summed E-state index contributed by atoms with van der Waals surface area (Å²) in [6.45, 7) is 0. The number of rotatable bonds is 1. The number of H-pyrrole nitrogens is 1. The molecule has 0 aliphatic carbocycles. The van der Waals surface area contributed by atoms with Crippen LogP contribution in [0.15, 0.2) is 11.0 Å². The summed E-state index contributed by atoms with van der Waals surface area (Å²) >= 11 is 0. The molecule has 62 valence electrons. The van der Waals surface area contributed by atoms with Crippen molar-refractivity contribution in [3.05, 3.63) is 22.4 Å². The molecule has 0 amide bonds. The van der Waals surface area contributed by atoms with Gasteiger partial charge < -0.3 is 0 Å². The Bertz CT molecular complexity index is 288. The highest BCUT2D eigenvalue weighted by molar-refractivity contribution is 5.85. The Labute approximate surface area is 67.2 Å². The predicted octanol–water partition coefficient (Wildman–Crippen LogP) is -0.384. The summed E-state index contributed by atoms with van der Waals surface area (Å²) in [5, 5.41) is 0. The molecule has 11 heavy (non-hydrogen) atoms. The first-order chi connectivity index (χ1) is 4.74. The van der Waals surface area contributed by atoms with Crippen LogP contribution in [0.5, 0.6) is 0 Å². The van der Waals surface area contributed by atoms with Gasteiger partial charge in [0.1, 0.15) is 0 Å². The van der Waals surface area contributed by atoms with Gasteiger partial charge in [-0.1, -0.05) is 0 Å². The summed E-state index contributed by atoms with van der Waals surface area (Å²) in [4.78, 5) is 15.9. The Morgan fingerprint density at radius 2 is 2.36 bits per heavy atom. The number of aromatic amines is 1. The number of aromatic nitrogens is 2. The van der Waals surface area contributed by atoms with Crippen molar-refractivity contribution in [2.24, 2.45) is 5.84 Å². The highest BCUT2D eigenvalue weighted by Crippen LogP contribution is 1.88. The molecule has 0 fully saturated rings. The first kappa shape index (κ1) is 9.86. The fourth-order valence-electron chi connectivity index (χ4n) is 0.453. The van der Waals surface area contributed by atoms with Crippen LogP contribution in [-0.4, -0.2) is 9.97 Å². The minimum Gasteiger partial charge on any atom is -0.294 e. The molecule has 1 rings (SSSR count). The molecule has 0 aliphatic heterocycles. The third-order valence-corrected chi connectivity index (χ3v) is 0.893. The van der Waals surface area contributed by atoms with E-state index < -0.39 is 11.4 Å². The van der Waals surface area contributed by atoms with Crippen molar-refractivity contribution in [2.75, 3.05) is 5.43 Å². The van der Waals surface area contributed by atoms with Crippen LogP contribution in [-0.2, 0) is 0 Å². The van der Waals surface area contributed by atoms with E-state index in [2.05, 4.69) is 10.4 Å². The van der Waals surface area contributed by atoms with Gasteiger partial charge in [0.15, 0.2) is 0 Å². The quantitative estimate of drug-likeness (QED) is 0.406. The molecular formula is C4H6ClFN4O. The largest absolute Gasteiger partial charge is 0.294 e. The van der Waals surface area contributed by atoms with Gasteiger partial charge in [0, 0.05) is 0 Å². The average molecular weight is 181 g/mol. The van der Waals surface area contributed by atoms with Gasteiger partial charge in [-0.25, -0.2) is 10.8 Å². The molecule has 0 atom stereocenters. The topological polar surface area (TPSA) is 83.8 Å². The van der Waals surface area contributed by atoms with Crippen molar-refractivity contribution in [1.82, 2.24) is 9.97 Å². The second-order valence-electron chi connectivity index (χ2n) is 1.55. The molecule has 5 nitrogen and oxygen atoms in total. The molecule has 1 heterocycles. The van der Waals surface area contributed by atoms with Gasteiger partial charge in [0.05, 0.1) is 6.20 Å². The summed E-state index contributed by atoms with van der Waals surface area (Å²) in [5.74, 6) is 3.97. The Kier molecular flexibility index (Phi) is 3.49. The number of nitrogens with one attached hydrogen (secondary N) is 2.